The van der Waals surface area contributed by atoms with Gasteiger partial charge in [0, 0.05) is 24.2 Å². The Morgan fingerprint density at radius 3 is 2.59 bits per heavy atom. The van der Waals surface area contributed by atoms with Crippen LogP contribution in [0.5, 0.6) is 0 Å². The molecule has 2 bridgehead atoms. The molecule has 0 radical (unpaired) electrons. The van der Waals surface area contributed by atoms with Gasteiger partial charge in [0.25, 0.3) is 0 Å². The molecule has 0 N–H and O–H groups in total. The van der Waals surface area contributed by atoms with Gasteiger partial charge in [0.2, 0.25) is 12.1 Å². The van der Waals surface area contributed by atoms with Gasteiger partial charge in [-0.1, -0.05) is 13.8 Å². The summed E-state index contributed by atoms with van der Waals surface area (Å²) in [5.74, 6) is -1.00. The summed E-state index contributed by atoms with van der Waals surface area (Å²) in [5, 5.41) is 0. The molecule has 3 unspecified atom stereocenters. The van der Waals surface area contributed by atoms with Crippen molar-refractivity contribution in [2.45, 2.75) is 64.1 Å². The first-order chi connectivity index (χ1) is 10.4. The van der Waals surface area contributed by atoms with Gasteiger partial charge in [0.1, 0.15) is 0 Å². The smallest absolute Gasteiger partial charge is 0.308 e. The van der Waals surface area contributed by atoms with Gasteiger partial charge in [-0.15, -0.1) is 0 Å². The van der Waals surface area contributed by atoms with Crippen LogP contribution in [0, 0.1) is 23.7 Å². The summed E-state index contributed by atoms with van der Waals surface area (Å²) >= 11 is 0. The molecule has 0 aromatic heterocycles. The second kappa shape index (κ2) is 4.65. The van der Waals surface area contributed by atoms with Crippen LogP contribution >= 0.6 is 0 Å². The van der Waals surface area contributed by atoms with Crippen LogP contribution in [0.3, 0.4) is 0 Å². The molecule has 22 heavy (non-hydrogen) atoms. The summed E-state index contributed by atoms with van der Waals surface area (Å²) in [7, 11) is 0. The van der Waals surface area contributed by atoms with Crippen LogP contribution in [-0.4, -0.2) is 17.7 Å². The Balaban J connectivity index is 1.84. The summed E-state index contributed by atoms with van der Waals surface area (Å²) in [5.41, 5.74) is -0.772. The highest BCUT2D eigenvalue weighted by molar-refractivity contribution is 5.16. The summed E-state index contributed by atoms with van der Waals surface area (Å²) in [6.45, 7) is 5.77. The lowest BCUT2D eigenvalue weighted by Crippen LogP contribution is -2.68. The van der Waals surface area contributed by atoms with Crippen LogP contribution in [0.15, 0.2) is 11.8 Å². The first-order valence-corrected chi connectivity index (χ1v) is 8.14. The molecule has 4 nitrogen and oxygen atoms in total. The highest BCUT2D eigenvalue weighted by atomic mass is 19.3. The maximum absolute atomic E-state index is 13.3. The number of hydrogen-bond donors (Lipinski definition) is 0. The molecular weight excluding hydrogens is 294 g/mol. The lowest BCUT2D eigenvalue weighted by atomic mass is 9.58. The summed E-state index contributed by atoms with van der Waals surface area (Å²) in [6.07, 6.45) is 0.833. The lowest BCUT2D eigenvalue weighted by Gasteiger charge is -2.58. The third kappa shape index (κ3) is 1.77. The van der Waals surface area contributed by atoms with Gasteiger partial charge in [-0.25, -0.2) is 9.78 Å². The Labute approximate surface area is 128 Å². The molecule has 7 atom stereocenters. The molecule has 5 rings (SSSR count). The van der Waals surface area contributed by atoms with Crippen molar-refractivity contribution in [3.8, 4) is 0 Å². The van der Waals surface area contributed by atoms with Gasteiger partial charge in [0.15, 0.2) is 11.4 Å². The van der Waals surface area contributed by atoms with E-state index in [1.807, 2.05) is 0 Å². The molecule has 6 heteroatoms. The van der Waals surface area contributed by atoms with Crippen molar-refractivity contribution in [1.29, 1.82) is 0 Å². The van der Waals surface area contributed by atoms with Crippen molar-refractivity contribution < 1.29 is 28.0 Å². The van der Waals surface area contributed by atoms with E-state index in [1.165, 1.54) is 0 Å². The summed E-state index contributed by atoms with van der Waals surface area (Å²) < 4.78 is 38.2. The SMILES string of the molecule is C[C@@H]1CCC2[C@@H](C)C(=C(F)F)O[C@@H]3OC4(C)CCC1[C@@]23OO4. The second-order valence-corrected chi connectivity index (χ2v) is 7.44. The number of fused-ring (bicyclic) bond motifs is 2. The third-order valence-electron chi connectivity index (χ3n) is 6.21. The topological polar surface area (TPSA) is 36.9 Å². The Morgan fingerprint density at radius 1 is 1.09 bits per heavy atom. The van der Waals surface area contributed by atoms with Crippen molar-refractivity contribution in [3.63, 3.8) is 0 Å². The van der Waals surface area contributed by atoms with Gasteiger partial charge in [-0.2, -0.15) is 8.78 Å². The first kappa shape index (κ1) is 14.8. The van der Waals surface area contributed by atoms with Gasteiger partial charge < -0.3 is 9.47 Å². The molecule has 1 aliphatic carbocycles. The highest BCUT2D eigenvalue weighted by Gasteiger charge is 2.69. The van der Waals surface area contributed by atoms with E-state index in [9.17, 15) is 8.78 Å². The monoisotopic (exact) mass is 316 g/mol. The molecule has 4 saturated heterocycles. The maximum atomic E-state index is 13.3. The number of halogens is 2. The molecule has 1 spiro atoms. The minimum absolute atomic E-state index is 0.0772. The van der Waals surface area contributed by atoms with Gasteiger partial charge in [0.05, 0.1) is 0 Å². The fourth-order valence-corrected chi connectivity index (χ4v) is 5.01. The van der Waals surface area contributed by atoms with Crippen LogP contribution < -0.4 is 0 Å². The second-order valence-electron chi connectivity index (χ2n) is 7.44. The average molecular weight is 316 g/mol. The Bertz CT molecular complexity index is 520. The Morgan fingerprint density at radius 2 is 1.86 bits per heavy atom. The van der Waals surface area contributed by atoms with E-state index in [-0.39, 0.29) is 17.6 Å². The lowest BCUT2D eigenvalue weighted by molar-refractivity contribution is -0.562. The molecule has 5 fully saturated rings. The fraction of sp³-hybridized carbons (Fsp3) is 0.875. The van der Waals surface area contributed by atoms with Crippen molar-refractivity contribution in [1.82, 2.24) is 0 Å². The standard InChI is InChI=1S/C16H22F2O4/c1-8-4-5-11-9(2)12(13(17)18)19-14-16(11)10(8)6-7-15(3,20-14)21-22-16/h8-11,14H,4-7H2,1-3H3/t8-,9-,10?,11?,14-,15?,16-/m1/s1. The van der Waals surface area contributed by atoms with E-state index in [4.69, 9.17) is 19.2 Å². The van der Waals surface area contributed by atoms with E-state index in [2.05, 4.69) is 6.92 Å². The van der Waals surface area contributed by atoms with Gasteiger partial charge in [-0.05, 0) is 32.1 Å². The fourth-order valence-electron chi connectivity index (χ4n) is 5.01. The average Bonchev–Trinajstić information content (AvgIpc) is 2.69. The van der Waals surface area contributed by atoms with Crippen molar-refractivity contribution in [3.05, 3.63) is 11.8 Å². The first-order valence-electron chi connectivity index (χ1n) is 8.14. The van der Waals surface area contributed by atoms with E-state index in [0.717, 1.165) is 19.3 Å². The Hall–Kier alpha value is -0.720. The van der Waals surface area contributed by atoms with Gasteiger partial charge >= 0.3 is 6.08 Å². The van der Waals surface area contributed by atoms with Crippen LogP contribution in [0.25, 0.3) is 0 Å². The van der Waals surface area contributed by atoms with Crippen molar-refractivity contribution in [2.75, 3.05) is 0 Å². The maximum Gasteiger partial charge on any atom is 0.308 e. The van der Waals surface area contributed by atoms with Crippen LogP contribution in [0.2, 0.25) is 0 Å². The molecule has 1 saturated carbocycles. The van der Waals surface area contributed by atoms with Crippen molar-refractivity contribution in [2.24, 2.45) is 23.7 Å². The van der Waals surface area contributed by atoms with E-state index in [0.29, 0.717) is 12.3 Å². The molecular formula is C16H22F2O4. The summed E-state index contributed by atoms with van der Waals surface area (Å²) in [6, 6.07) is 0. The van der Waals surface area contributed by atoms with E-state index < -0.39 is 29.7 Å². The number of allylic oxidation sites excluding steroid dienone is 1. The minimum atomic E-state index is -1.76. The summed E-state index contributed by atoms with van der Waals surface area (Å²) in [4.78, 5) is 11.5. The van der Waals surface area contributed by atoms with Crippen LogP contribution in [0.1, 0.15) is 46.5 Å². The molecule has 4 heterocycles. The third-order valence-corrected chi connectivity index (χ3v) is 6.21. The molecule has 124 valence electrons. The minimum Gasteiger partial charge on any atom is -0.460 e. The zero-order valence-electron chi connectivity index (χ0n) is 13.1. The number of ether oxygens (including phenoxy) is 2. The molecule has 0 amide bonds. The largest absolute Gasteiger partial charge is 0.460 e. The Kier molecular flexibility index (Phi) is 3.14. The van der Waals surface area contributed by atoms with Gasteiger partial charge in [-0.3, -0.25) is 0 Å². The number of rotatable bonds is 0. The van der Waals surface area contributed by atoms with E-state index >= 15 is 0 Å². The zero-order valence-corrected chi connectivity index (χ0v) is 13.1. The van der Waals surface area contributed by atoms with Crippen molar-refractivity contribution >= 4 is 0 Å². The molecule has 4 aliphatic heterocycles. The molecule has 0 aromatic rings. The molecule has 0 aromatic carbocycles. The highest BCUT2D eigenvalue weighted by Crippen LogP contribution is 2.61. The normalized spacial score (nSPS) is 53.5. The van der Waals surface area contributed by atoms with Crippen LogP contribution in [-0.2, 0) is 19.2 Å². The predicted octanol–water partition coefficient (Wildman–Crippen LogP) is 3.98. The predicted molar refractivity (Wildman–Crippen MR) is 72.3 cm³/mol. The number of hydrogen-bond acceptors (Lipinski definition) is 4. The zero-order chi connectivity index (χ0) is 15.7. The quantitative estimate of drug-likeness (QED) is 0.634. The van der Waals surface area contributed by atoms with E-state index in [1.54, 1.807) is 13.8 Å². The molecule has 5 aliphatic rings. The van der Waals surface area contributed by atoms with Crippen LogP contribution in [0.4, 0.5) is 8.78 Å².